The summed E-state index contributed by atoms with van der Waals surface area (Å²) in [6.45, 7) is 0. The van der Waals surface area contributed by atoms with E-state index in [9.17, 15) is 13.6 Å². The number of carbonyl (C=O) groups is 1. The highest BCUT2D eigenvalue weighted by molar-refractivity contribution is 7.09. The number of amides is 1. The molecule has 2 rings (SSSR count). The Balaban J connectivity index is 2.00. The molecule has 1 aromatic heterocycles. The third kappa shape index (κ3) is 3.97. The summed E-state index contributed by atoms with van der Waals surface area (Å²) in [5.41, 5.74) is 0.780. The number of nitrogens with zero attached hydrogens (tertiary/aromatic N) is 1. The number of halogens is 3. The SMILES string of the molecule is O=C(Cc1nc(CCl)cs1)Nc1cc(F)cc(F)c1. The molecule has 1 N–H and O–H groups in total. The van der Waals surface area contributed by atoms with Crippen molar-refractivity contribution in [2.45, 2.75) is 12.3 Å². The van der Waals surface area contributed by atoms with Gasteiger partial charge in [-0.1, -0.05) is 0 Å². The first-order valence-corrected chi connectivity index (χ1v) is 6.73. The van der Waals surface area contributed by atoms with Gasteiger partial charge >= 0.3 is 0 Å². The van der Waals surface area contributed by atoms with Crippen LogP contribution < -0.4 is 5.32 Å². The number of thiazole rings is 1. The first-order chi connectivity index (χ1) is 9.06. The monoisotopic (exact) mass is 302 g/mol. The number of hydrogen-bond acceptors (Lipinski definition) is 3. The quantitative estimate of drug-likeness (QED) is 0.880. The van der Waals surface area contributed by atoms with Crippen molar-refractivity contribution in [2.75, 3.05) is 5.32 Å². The summed E-state index contributed by atoms with van der Waals surface area (Å²) >= 11 is 6.92. The minimum atomic E-state index is -0.742. The molecule has 0 aliphatic rings. The van der Waals surface area contributed by atoms with E-state index >= 15 is 0 Å². The first-order valence-electron chi connectivity index (χ1n) is 5.32. The number of carbonyl (C=O) groups excluding carboxylic acids is 1. The molecule has 0 bridgehead atoms. The summed E-state index contributed by atoms with van der Waals surface area (Å²) in [6, 6.07) is 2.84. The van der Waals surface area contributed by atoms with Gasteiger partial charge in [-0.15, -0.1) is 22.9 Å². The number of rotatable bonds is 4. The van der Waals surface area contributed by atoms with Crippen molar-refractivity contribution in [3.8, 4) is 0 Å². The van der Waals surface area contributed by atoms with Crippen LogP contribution in [-0.2, 0) is 17.1 Å². The lowest BCUT2D eigenvalue weighted by Gasteiger charge is -2.04. The average Bonchev–Trinajstić information content (AvgIpc) is 2.74. The summed E-state index contributed by atoms with van der Waals surface area (Å²) in [5, 5.41) is 4.78. The van der Waals surface area contributed by atoms with Crippen molar-refractivity contribution in [1.29, 1.82) is 0 Å². The predicted molar refractivity (Wildman–Crippen MR) is 70.4 cm³/mol. The molecule has 0 radical (unpaired) electrons. The lowest BCUT2D eigenvalue weighted by atomic mass is 10.3. The summed E-state index contributed by atoms with van der Waals surface area (Å²) < 4.78 is 25.9. The van der Waals surface area contributed by atoms with Crippen LogP contribution in [0.3, 0.4) is 0 Å². The summed E-state index contributed by atoms with van der Waals surface area (Å²) in [4.78, 5) is 15.8. The summed E-state index contributed by atoms with van der Waals surface area (Å²) in [6.07, 6.45) is 0.0414. The average molecular weight is 303 g/mol. The minimum Gasteiger partial charge on any atom is -0.326 e. The lowest BCUT2D eigenvalue weighted by molar-refractivity contribution is -0.115. The van der Waals surface area contributed by atoms with Crippen molar-refractivity contribution in [1.82, 2.24) is 4.98 Å². The van der Waals surface area contributed by atoms with E-state index < -0.39 is 11.6 Å². The van der Waals surface area contributed by atoms with E-state index in [0.29, 0.717) is 10.7 Å². The van der Waals surface area contributed by atoms with E-state index in [1.165, 1.54) is 11.3 Å². The third-order valence-corrected chi connectivity index (χ3v) is 3.37. The summed E-state index contributed by atoms with van der Waals surface area (Å²) in [5.74, 6) is -1.59. The van der Waals surface area contributed by atoms with Crippen molar-refractivity contribution < 1.29 is 13.6 Å². The normalized spacial score (nSPS) is 10.5. The van der Waals surface area contributed by atoms with Crippen LogP contribution in [0.4, 0.5) is 14.5 Å². The molecule has 19 heavy (non-hydrogen) atoms. The number of benzene rings is 1. The van der Waals surface area contributed by atoms with Gasteiger partial charge in [-0.3, -0.25) is 4.79 Å². The molecule has 3 nitrogen and oxygen atoms in total. The van der Waals surface area contributed by atoms with Gasteiger partial charge in [0.05, 0.1) is 18.0 Å². The van der Waals surface area contributed by atoms with Crippen LogP contribution in [0.25, 0.3) is 0 Å². The Hall–Kier alpha value is -1.53. The molecular formula is C12H9ClF2N2OS. The van der Waals surface area contributed by atoms with Gasteiger partial charge in [0.1, 0.15) is 16.6 Å². The zero-order chi connectivity index (χ0) is 13.8. The molecule has 0 fully saturated rings. The van der Waals surface area contributed by atoms with Crippen molar-refractivity contribution in [2.24, 2.45) is 0 Å². The van der Waals surface area contributed by atoms with E-state index in [-0.39, 0.29) is 23.9 Å². The topological polar surface area (TPSA) is 42.0 Å². The zero-order valence-electron chi connectivity index (χ0n) is 9.62. The highest BCUT2D eigenvalue weighted by atomic mass is 35.5. The lowest BCUT2D eigenvalue weighted by Crippen LogP contribution is -2.14. The number of nitrogens with one attached hydrogen (secondary N) is 1. The van der Waals surface area contributed by atoms with Crippen molar-refractivity contribution in [3.63, 3.8) is 0 Å². The van der Waals surface area contributed by atoms with E-state index in [2.05, 4.69) is 10.3 Å². The molecular weight excluding hydrogens is 294 g/mol. The Kier molecular flexibility index (Phi) is 4.44. The van der Waals surface area contributed by atoms with E-state index in [1.54, 1.807) is 5.38 Å². The molecule has 100 valence electrons. The Morgan fingerprint density at radius 1 is 1.32 bits per heavy atom. The van der Waals surface area contributed by atoms with Gasteiger partial charge < -0.3 is 5.32 Å². The molecule has 0 unspecified atom stereocenters. The van der Waals surface area contributed by atoms with Gasteiger partial charge in [0, 0.05) is 17.1 Å². The fourth-order valence-electron chi connectivity index (χ4n) is 1.46. The standard InChI is InChI=1S/C12H9ClF2N2OS/c13-5-10-6-19-12(17-10)4-11(18)16-9-2-7(14)1-8(15)3-9/h1-3,6H,4-5H2,(H,16,18). The fraction of sp³-hybridized carbons (Fsp3) is 0.167. The number of alkyl halides is 1. The molecule has 0 saturated carbocycles. The molecule has 1 aromatic carbocycles. The second-order valence-corrected chi connectivity index (χ2v) is 4.96. The van der Waals surface area contributed by atoms with Crippen LogP contribution in [-0.4, -0.2) is 10.9 Å². The van der Waals surface area contributed by atoms with Gasteiger partial charge in [-0.25, -0.2) is 13.8 Å². The summed E-state index contributed by atoms with van der Waals surface area (Å²) in [7, 11) is 0. The molecule has 2 aromatic rings. The maximum absolute atomic E-state index is 12.9. The molecule has 0 aliphatic heterocycles. The Labute approximate surface area is 117 Å². The molecule has 0 spiro atoms. The smallest absolute Gasteiger partial charge is 0.231 e. The fourth-order valence-corrected chi connectivity index (χ4v) is 2.48. The van der Waals surface area contributed by atoms with Crippen LogP contribution in [0.1, 0.15) is 10.7 Å². The van der Waals surface area contributed by atoms with Gasteiger partial charge in [0.25, 0.3) is 0 Å². The van der Waals surface area contributed by atoms with Crippen LogP contribution in [0.15, 0.2) is 23.6 Å². The van der Waals surface area contributed by atoms with E-state index in [4.69, 9.17) is 11.6 Å². The van der Waals surface area contributed by atoms with Crippen LogP contribution in [0, 0.1) is 11.6 Å². The highest BCUT2D eigenvalue weighted by Gasteiger charge is 2.09. The molecule has 1 amide bonds. The van der Waals surface area contributed by atoms with Gasteiger partial charge in [0.2, 0.25) is 5.91 Å². The van der Waals surface area contributed by atoms with Crippen LogP contribution in [0.5, 0.6) is 0 Å². The molecule has 0 atom stereocenters. The minimum absolute atomic E-state index is 0.0414. The van der Waals surface area contributed by atoms with Crippen LogP contribution >= 0.6 is 22.9 Å². The van der Waals surface area contributed by atoms with Crippen molar-refractivity contribution >= 4 is 34.5 Å². The van der Waals surface area contributed by atoms with Gasteiger partial charge in [-0.05, 0) is 12.1 Å². The maximum atomic E-state index is 12.9. The highest BCUT2D eigenvalue weighted by Crippen LogP contribution is 2.15. The van der Waals surface area contributed by atoms with Crippen LogP contribution in [0.2, 0.25) is 0 Å². The maximum Gasteiger partial charge on any atom is 0.231 e. The third-order valence-electron chi connectivity index (χ3n) is 2.19. The van der Waals surface area contributed by atoms with Crippen molar-refractivity contribution in [3.05, 3.63) is 45.9 Å². The molecule has 0 aliphatic carbocycles. The van der Waals surface area contributed by atoms with Gasteiger partial charge in [-0.2, -0.15) is 0 Å². The molecule has 0 saturated heterocycles. The Bertz CT molecular complexity index is 583. The largest absolute Gasteiger partial charge is 0.326 e. The van der Waals surface area contributed by atoms with E-state index in [1.807, 2.05) is 0 Å². The zero-order valence-corrected chi connectivity index (χ0v) is 11.2. The second kappa shape index (κ2) is 6.08. The number of anilines is 1. The second-order valence-electron chi connectivity index (χ2n) is 3.75. The Morgan fingerprint density at radius 2 is 2.00 bits per heavy atom. The molecule has 1 heterocycles. The first kappa shape index (κ1) is 13.9. The van der Waals surface area contributed by atoms with Gasteiger partial charge in [0.15, 0.2) is 0 Å². The molecule has 7 heteroatoms. The number of aromatic nitrogens is 1. The number of hydrogen-bond donors (Lipinski definition) is 1. The predicted octanol–water partition coefficient (Wildman–Crippen LogP) is 3.34. The van der Waals surface area contributed by atoms with E-state index in [0.717, 1.165) is 18.2 Å². The Morgan fingerprint density at radius 3 is 2.58 bits per heavy atom.